The molecule has 0 spiro atoms. The van der Waals surface area contributed by atoms with Crippen molar-refractivity contribution in [1.29, 1.82) is 0 Å². The van der Waals surface area contributed by atoms with Gasteiger partial charge >= 0.3 is 12.1 Å². The van der Waals surface area contributed by atoms with Crippen LogP contribution < -0.4 is 11.4 Å². The van der Waals surface area contributed by atoms with Gasteiger partial charge < -0.3 is 5.11 Å². The minimum absolute atomic E-state index is 0.179. The van der Waals surface area contributed by atoms with Crippen LogP contribution in [0.25, 0.3) is 5.69 Å². The first-order valence-electron chi connectivity index (χ1n) is 8.58. The number of carbonyl (C=O) groups excluding carboxylic acids is 2. The van der Waals surface area contributed by atoms with E-state index in [1.807, 2.05) is 0 Å². The lowest BCUT2D eigenvalue weighted by Crippen LogP contribution is -2.45. The number of aromatic nitrogens is 1. The Balaban J connectivity index is 2.80. The second-order valence-corrected chi connectivity index (χ2v) is 6.72. The van der Waals surface area contributed by atoms with Gasteiger partial charge in [0.15, 0.2) is 0 Å². The highest BCUT2D eigenvalue weighted by atomic mass is 19.4. The highest BCUT2D eigenvalue weighted by molar-refractivity contribution is 6.06. The second-order valence-electron chi connectivity index (χ2n) is 6.72. The van der Waals surface area contributed by atoms with Crippen LogP contribution in [-0.4, -0.2) is 32.5 Å². The molecule has 1 aromatic heterocycles. The molecule has 8 nitrogen and oxygen atoms in total. The largest absolute Gasteiger partial charge is 0.477 e. The zero-order chi connectivity index (χ0) is 23.0. The number of imide groups is 1. The Kier molecular flexibility index (Phi) is 6.17. The van der Waals surface area contributed by atoms with Crippen LogP contribution in [0.5, 0.6) is 0 Å². The molecule has 3 N–H and O–H groups in total. The lowest BCUT2D eigenvalue weighted by molar-refractivity contribution is -0.137. The fourth-order valence-corrected chi connectivity index (χ4v) is 2.71. The minimum Gasteiger partial charge on any atom is -0.477 e. The molecule has 0 saturated carbocycles. The number of nitrogens with zero attached hydrogens (tertiary/aromatic N) is 2. The lowest BCUT2D eigenvalue weighted by atomic mass is 10.1. The molecule has 0 radical (unpaired) electrons. The van der Waals surface area contributed by atoms with Crippen LogP contribution in [0, 0.1) is 12.8 Å². The van der Waals surface area contributed by atoms with Gasteiger partial charge in [-0.05, 0) is 31.2 Å². The van der Waals surface area contributed by atoms with Crippen molar-refractivity contribution in [2.24, 2.45) is 11.8 Å². The summed E-state index contributed by atoms with van der Waals surface area (Å²) in [6.07, 6.45) is -4.71. The van der Waals surface area contributed by atoms with Crippen molar-refractivity contribution in [3.63, 3.8) is 0 Å². The molecule has 0 aliphatic heterocycles. The molecule has 1 heterocycles. The number of pyridine rings is 1. The minimum atomic E-state index is -4.71. The highest BCUT2D eigenvalue weighted by Gasteiger charge is 2.32. The maximum atomic E-state index is 13.1. The van der Waals surface area contributed by atoms with Gasteiger partial charge in [-0.3, -0.25) is 19.0 Å². The lowest BCUT2D eigenvalue weighted by Gasteiger charge is -2.20. The Morgan fingerprint density at radius 3 is 2.23 bits per heavy atom. The molecule has 0 aliphatic carbocycles. The van der Waals surface area contributed by atoms with Crippen molar-refractivity contribution in [3.8, 4) is 5.69 Å². The molecule has 2 aromatic rings. The van der Waals surface area contributed by atoms with Gasteiger partial charge in [0.05, 0.1) is 11.1 Å². The molecule has 30 heavy (non-hydrogen) atoms. The predicted octanol–water partition coefficient (Wildman–Crippen LogP) is 2.36. The van der Waals surface area contributed by atoms with Crippen molar-refractivity contribution in [2.45, 2.75) is 26.9 Å². The zero-order valence-corrected chi connectivity index (χ0v) is 16.1. The van der Waals surface area contributed by atoms with E-state index in [2.05, 4.69) is 0 Å². The molecule has 0 fully saturated rings. The van der Waals surface area contributed by atoms with E-state index in [1.165, 1.54) is 20.8 Å². The normalized spacial score (nSPS) is 11.5. The zero-order valence-electron chi connectivity index (χ0n) is 16.1. The number of amides is 2. The van der Waals surface area contributed by atoms with E-state index in [1.54, 1.807) is 0 Å². The van der Waals surface area contributed by atoms with E-state index in [4.69, 9.17) is 5.84 Å². The predicted molar refractivity (Wildman–Crippen MR) is 98.9 cm³/mol. The highest BCUT2D eigenvalue weighted by Crippen LogP contribution is 2.30. The summed E-state index contributed by atoms with van der Waals surface area (Å²) in [4.78, 5) is 48.9. The van der Waals surface area contributed by atoms with E-state index in [0.29, 0.717) is 10.6 Å². The average Bonchev–Trinajstić information content (AvgIpc) is 2.65. The molecule has 0 bridgehead atoms. The molecule has 0 saturated heterocycles. The Labute approximate surface area is 168 Å². The quantitative estimate of drug-likeness (QED) is 0.441. The first-order valence-corrected chi connectivity index (χ1v) is 8.58. The van der Waals surface area contributed by atoms with Gasteiger partial charge in [0.2, 0.25) is 5.91 Å². The molecule has 2 rings (SSSR count). The maximum Gasteiger partial charge on any atom is 0.416 e. The third-order valence-corrected chi connectivity index (χ3v) is 4.29. The van der Waals surface area contributed by atoms with Gasteiger partial charge in [-0.15, -0.1) is 0 Å². The average molecular weight is 425 g/mol. The topological polar surface area (TPSA) is 123 Å². The van der Waals surface area contributed by atoms with Crippen molar-refractivity contribution in [1.82, 2.24) is 9.58 Å². The number of rotatable bonds is 4. The van der Waals surface area contributed by atoms with E-state index in [-0.39, 0.29) is 16.4 Å². The van der Waals surface area contributed by atoms with Gasteiger partial charge in [0, 0.05) is 17.3 Å². The van der Waals surface area contributed by atoms with Crippen molar-refractivity contribution in [2.75, 3.05) is 0 Å². The first-order chi connectivity index (χ1) is 13.8. The molecule has 160 valence electrons. The van der Waals surface area contributed by atoms with Gasteiger partial charge in [0.25, 0.3) is 11.5 Å². The van der Waals surface area contributed by atoms with E-state index in [0.717, 1.165) is 24.3 Å². The standard InChI is InChI=1S/C19H18F3N3O5/c1-9(2)15(26)25(23)17(28)13-8-14(18(29)30)16(27)24(10(13)3)12-6-4-5-11(7-12)19(20,21)22/h4-9H,23H2,1-3H3,(H,29,30). The van der Waals surface area contributed by atoms with Crippen LogP contribution >= 0.6 is 0 Å². The number of carbonyl (C=O) groups is 3. The molecule has 11 heteroatoms. The summed E-state index contributed by atoms with van der Waals surface area (Å²) < 4.78 is 39.9. The van der Waals surface area contributed by atoms with Gasteiger partial charge in [-0.2, -0.15) is 13.2 Å². The van der Waals surface area contributed by atoms with Gasteiger partial charge in [0.1, 0.15) is 5.56 Å². The van der Waals surface area contributed by atoms with E-state index in [9.17, 15) is 37.5 Å². The molecule has 2 amide bonds. The van der Waals surface area contributed by atoms with Gasteiger partial charge in [-0.1, -0.05) is 19.9 Å². The summed E-state index contributed by atoms with van der Waals surface area (Å²) >= 11 is 0. The summed E-state index contributed by atoms with van der Waals surface area (Å²) in [6, 6.07) is 4.37. The van der Waals surface area contributed by atoms with Crippen LogP contribution in [0.2, 0.25) is 0 Å². The van der Waals surface area contributed by atoms with Crippen molar-refractivity contribution < 1.29 is 32.7 Å². The van der Waals surface area contributed by atoms with E-state index >= 15 is 0 Å². The number of carboxylic acids is 1. The molecule has 0 aliphatic rings. The van der Waals surface area contributed by atoms with E-state index < -0.39 is 52.1 Å². The number of aromatic carboxylic acids is 1. The van der Waals surface area contributed by atoms with Crippen LogP contribution in [0.3, 0.4) is 0 Å². The Morgan fingerprint density at radius 1 is 1.13 bits per heavy atom. The van der Waals surface area contributed by atoms with Crippen LogP contribution in [0.1, 0.15) is 45.8 Å². The summed E-state index contributed by atoms with van der Waals surface area (Å²) in [5, 5.41) is 9.61. The molecule has 1 aromatic carbocycles. The number of carboxylic acid groups (broad SMARTS) is 1. The van der Waals surface area contributed by atoms with Crippen LogP contribution in [-0.2, 0) is 11.0 Å². The second kappa shape index (κ2) is 8.11. The number of hydrogen-bond acceptors (Lipinski definition) is 5. The monoisotopic (exact) mass is 425 g/mol. The van der Waals surface area contributed by atoms with Gasteiger partial charge in [-0.25, -0.2) is 15.6 Å². The summed E-state index contributed by atoms with van der Waals surface area (Å²) in [5.41, 5.74) is -3.98. The van der Waals surface area contributed by atoms with Crippen molar-refractivity contribution >= 4 is 17.8 Å². The van der Waals surface area contributed by atoms with Crippen LogP contribution in [0.4, 0.5) is 13.2 Å². The number of benzene rings is 1. The molecular formula is C19H18F3N3O5. The number of hydrogen-bond donors (Lipinski definition) is 2. The molecule has 0 unspecified atom stereocenters. The fourth-order valence-electron chi connectivity index (χ4n) is 2.71. The summed E-state index contributed by atoms with van der Waals surface area (Å²) in [5.74, 6) is 1.31. The Hall–Kier alpha value is -3.47. The Bertz CT molecular complexity index is 1090. The Morgan fingerprint density at radius 2 is 1.73 bits per heavy atom. The third kappa shape index (κ3) is 4.25. The van der Waals surface area contributed by atoms with Crippen LogP contribution in [0.15, 0.2) is 35.1 Å². The fraction of sp³-hybridized carbons (Fsp3) is 0.263. The summed E-state index contributed by atoms with van der Waals surface area (Å²) in [6.45, 7) is 4.19. The molecule has 0 atom stereocenters. The smallest absolute Gasteiger partial charge is 0.416 e. The van der Waals surface area contributed by atoms with Crippen molar-refractivity contribution in [3.05, 3.63) is 63.1 Å². The number of hydrazine groups is 1. The third-order valence-electron chi connectivity index (χ3n) is 4.29. The number of halogens is 3. The molecular weight excluding hydrogens is 407 g/mol. The first kappa shape index (κ1) is 22.8. The number of nitrogens with two attached hydrogens (primary N) is 1. The SMILES string of the molecule is Cc1c(C(=O)N(N)C(=O)C(C)C)cc(C(=O)O)c(=O)n1-c1cccc(C(F)(F)F)c1. The maximum absolute atomic E-state index is 13.1. The number of alkyl halides is 3. The summed E-state index contributed by atoms with van der Waals surface area (Å²) in [7, 11) is 0.